The molecular weight excluding hydrogens is 424 g/mol. The summed E-state index contributed by atoms with van der Waals surface area (Å²) in [6, 6.07) is 15.7. The Hall–Kier alpha value is -2.21. The molecule has 30 heavy (non-hydrogen) atoms. The second-order valence-electron chi connectivity index (χ2n) is 8.19. The van der Waals surface area contributed by atoms with E-state index in [0.29, 0.717) is 24.3 Å². The van der Waals surface area contributed by atoms with Crippen LogP contribution in [0, 0.1) is 11.2 Å². The number of aromatic nitrogens is 1. The summed E-state index contributed by atoms with van der Waals surface area (Å²) >= 11 is 0. The third kappa shape index (κ3) is 4.59. The maximum absolute atomic E-state index is 13.4. The summed E-state index contributed by atoms with van der Waals surface area (Å²) in [6.45, 7) is 5.47. The maximum Gasteiger partial charge on any atom is 0.254 e. The minimum absolute atomic E-state index is 0. The Kier molecular flexibility index (Phi) is 7.45. The highest BCUT2D eigenvalue weighted by Gasteiger charge is 2.36. The van der Waals surface area contributed by atoms with Gasteiger partial charge >= 0.3 is 0 Å². The Labute approximate surface area is 188 Å². The van der Waals surface area contributed by atoms with E-state index in [2.05, 4.69) is 13.8 Å². The molecule has 3 aromatic rings. The zero-order valence-corrected chi connectivity index (χ0v) is 18.6. The van der Waals surface area contributed by atoms with Crippen molar-refractivity contribution in [1.82, 2.24) is 9.88 Å². The topological polar surface area (TPSA) is 59.2 Å². The summed E-state index contributed by atoms with van der Waals surface area (Å²) in [6.07, 6.45) is 0.784. The van der Waals surface area contributed by atoms with Gasteiger partial charge in [-0.1, -0.05) is 32.0 Å². The number of likely N-dealkylation sites (tertiary alicyclic amines) is 1. The van der Waals surface area contributed by atoms with Crippen molar-refractivity contribution in [3.8, 4) is 11.3 Å². The first-order chi connectivity index (χ1) is 13.3. The zero-order valence-electron chi connectivity index (χ0n) is 17.0. The van der Waals surface area contributed by atoms with E-state index in [9.17, 15) is 9.18 Å². The highest BCUT2D eigenvalue weighted by Crippen LogP contribution is 2.31. The standard InChI is InChI=1S/C23H24FN3O.2ClH/c1-23(2)14-27(12-11-21(23)25)22(28)18-13-20(15-7-9-16(24)10-8-15)26-19-6-4-3-5-17(18)19;;/h3-10,13,21H,11-12,14,25H2,1-2H3;2*1H. The number of fused-ring (bicyclic) bond motifs is 1. The molecule has 0 radical (unpaired) electrons. The Morgan fingerprint density at radius 3 is 2.47 bits per heavy atom. The summed E-state index contributed by atoms with van der Waals surface area (Å²) < 4.78 is 13.3. The molecule has 1 saturated heterocycles. The Morgan fingerprint density at radius 1 is 1.13 bits per heavy atom. The number of piperidine rings is 1. The molecule has 0 saturated carbocycles. The quantitative estimate of drug-likeness (QED) is 0.592. The number of amides is 1. The first-order valence-corrected chi connectivity index (χ1v) is 9.56. The third-order valence-electron chi connectivity index (χ3n) is 5.69. The van der Waals surface area contributed by atoms with Gasteiger partial charge in [-0.05, 0) is 48.2 Å². The van der Waals surface area contributed by atoms with E-state index in [1.54, 1.807) is 12.1 Å². The average Bonchev–Trinajstić information content (AvgIpc) is 2.69. The summed E-state index contributed by atoms with van der Waals surface area (Å²) in [7, 11) is 0. The van der Waals surface area contributed by atoms with Crippen LogP contribution in [0.5, 0.6) is 0 Å². The van der Waals surface area contributed by atoms with Gasteiger partial charge in [0.2, 0.25) is 0 Å². The highest BCUT2D eigenvalue weighted by atomic mass is 35.5. The molecule has 0 spiro atoms. The van der Waals surface area contributed by atoms with Crippen molar-refractivity contribution in [1.29, 1.82) is 0 Å². The number of halogens is 3. The lowest BCUT2D eigenvalue weighted by Gasteiger charge is -2.42. The van der Waals surface area contributed by atoms with Crippen LogP contribution in [0.15, 0.2) is 54.6 Å². The number of pyridine rings is 1. The number of benzene rings is 2. The van der Waals surface area contributed by atoms with E-state index in [0.717, 1.165) is 22.9 Å². The molecule has 4 nitrogen and oxygen atoms in total. The SMILES string of the molecule is CC1(C)CN(C(=O)c2cc(-c3ccc(F)cc3)nc3ccccc23)CCC1N.Cl.Cl. The number of hydrogen-bond donors (Lipinski definition) is 1. The Bertz CT molecular complexity index is 1040. The molecule has 7 heteroatoms. The Balaban J connectivity index is 0.00000160. The van der Waals surface area contributed by atoms with Gasteiger partial charge < -0.3 is 10.6 Å². The van der Waals surface area contributed by atoms with Crippen LogP contribution >= 0.6 is 24.8 Å². The largest absolute Gasteiger partial charge is 0.338 e. The van der Waals surface area contributed by atoms with Crippen molar-refractivity contribution in [2.75, 3.05) is 13.1 Å². The summed E-state index contributed by atoms with van der Waals surface area (Å²) in [4.78, 5) is 20.0. The smallest absolute Gasteiger partial charge is 0.254 e. The molecule has 1 amide bonds. The van der Waals surface area contributed by atoms with Crippen LogP contribution in [0.2, 0.25) is 0 Å². The number of hydrogen-bond acceptors (Lipinski definition) is 3. The fourth-order valence-electron chi connectivity index (χ4n) is 3.84. The van der Waals surface area contributed by atoms with Crippen molar-refractivity contribution in [3.63, 3.8) is 0 Å². The zero-order chi connectivity index (χ0) is 19.9. The molecule has 2 heterocycles. The molecule has 1 unspecified atom stereocenters. The van der Waals surface area contributed by atoms with Gasteiger partial charge in [-0.25, -0.2) is 9.37 Å². The van der Waals surface area contributed by atoms with E-state index < -0.39 is 0 Å². The van der Waals surface area contributed by atoms with E-state index in [1.165, 1.54) is 12.1 Å². The van der Waals surface area contributed by atoms with E-state index >= 15 is 0 Å². The van der Waals surface area contributed by atoms with Crippen LogP contribution in [0.25, 0.3) is 22.2 Å². The van der Waals surface area contributed by atoms with Gasteiger partial charge in [-0.15, -0.1) is 24.8 Å². The lowest BCUT2D eigenvalue weighted by molar-refractivity contribution is 0.0535. The molecule has 0 bridgehead atoms. The van der Waals surface area contributed by atoms with Gasteiger partial charge in [0.1, 0.15) is 5.82 Å². The average molecular weight is 450 g/mol. The second kappa shape index (κ2) is 9.29. The van der Waals surface area contributed by atoms with Crippen LogP contribution in [-0.2, 0) is 0 Å². The molecule has 1 aliphatic heterocycles. The molecule has 1 aliphatic rings. The monoisotopic (exact) mass is 449 g/mol. The van der Waals surface area contributed by atoms with Crippen molar-refractivity contribution >= 4 is 41.6 Å². The van der Waals surface area contributed by atoms with Gasteiger partial charge in [0.05, 0.1) is 16.8 Å². The van der Waals surface area contributed by atoms with Gasteiger partial charge in [-0.2, -0.15) is 0 Å². The van der Waals surface area contributed by atoms with Crippen LogP contribution in [0.4, 0.5) is 4.39 Å². The molecule has 4 rings (SSSR count). The Morgan fingerprint density at radius 2 is 1.80 bits per heavy atom. The number of nitrogens with two attached hydrogens (primary N) is 1. The van der Waals surface area contributed by atoms with Gasteiger partial charge in [0, 0.05) is 30.1 Å². The highest BCUT2D eigenvalue weighted by molar-refractivity contribution is 6.07. The third-order valence-corrected chi connectivity index (χ3v) is 5.69. The van der Waals surface area contributed by atoms with Crippen LogP contribution in [0.1, 0.15) is 30.6 Å². The van der Waals surface area contributed by atoms with Gasteiger partial charge in [0.15, 0.2) is 0 Å². The van der Waals surface area contributed by atoms with Crippen LogP contribution < -0.4 is 5.73 Å². The van der Waals surface area contributed by atoms with Crippen molar-refractivity contribution in [2.45, 2.75) is 26.3 Å². The van der Waals surface area contributed by atoms with Crippen molar-refractivity contribution in [3.05, 3.63) is 66.0 Å². The first-order valence-electron chi connectivity index (χ1n) is 9.56. The van der Waals surface area contributed by atoms with Crippen molar-refractivity contribution in [2.24, 2.45) is 11.1 Å². The predicted octanol–water partition coefficient (Wildman–Crippen LogP) is 5.08. The molecular formula is C23H26Cl2FN3O. The lowest BCUT2D eigenvalue weighted by Crippen LogP contribution is -2.54. The van der Waals surface area contributed by atoms with Crippen molar-refractivity contribution < 1.29 is 9.18 Å². The first kappa shape index (κ1) is 24.1. The molecule has 2 aromatic carbocycles. The number of rotatable bonds is 2. The number of carbonyl (C=O) groups is 1. The van der Waals surface area contributed by atoms with Gasteiger partial charge in [-0.3, -0.25) is 4.79 Å². The van der Waals surface area contributed by atoms with Crippen LogP contribution in [-0.4, -0.2) is 34.9 Å². The molecule has 2 N–H and O–H groups in total. The normalized spacial score (nSPS) is 17.7. The fraction of sp³-hybridized carbons (Fsp3) is 0.304. The number of nitrogens with zero attached hydrogens (tertiary/aromatic N) is 2. The summed E-state index contributed by atoms with van der Waals surface area (Å²) in [5.41, 5.74) is 8.92. The molecule has 160 valence electrons. The molecule has 1 aromatic heterocycles. The summed E-state index contributed by atoms with van der Waals surface area (Å²) in [5, 5.41) is 0.825. The lowest BCUT2D eigenvalue weighted by atomic mass is 9.79. The molecule has 1 atom stereocenters. The molecule has 1 fully saturated rings. The fourth-order valence-corrected chi connectivity index (χ4v) is 3.84. The number of carbonyl (C=O) groups excluding carboxylic acids is 1. The second-order valence-corrected chi connectivity index (χ2v) is 8.19. The predicted molar refractivity (Wildman–Crippen MR) is 124 cm³/mol. The van der Waals surface area contributed by atoms with E-state index in [1.807, 2.05) is 35.2 Å². The minimum Gasteiger partial charge on any atom is -0.338 e. The van der Waals surface area contributed by atoms with Crippen LogP contribution in [0.3, 0.4) is 0 Å². The van der Waals surface area contributed by atoms with Gasteiger partial charge in [0.25, 0.3) is 5.91 Å². The maximum atomic E-state index is 13.4. The van der Waals surface area contributed by atoms with E-state index in [-0.39, 0.29) is 48.0 Å². The number of para-hydroxylation sites is 1. The van der Waals surface area contributed by atoms with E-state index in [4.69, 9.17) is 10.7 Å². The minimum atomic E-state index is -0.298. The molecule has 0 aliphatic carbocycles. The summed E-state index contributed by atoms with van der Waals surface area (Å²) in [5.74, 6) is -0.310.